The minimum absolute atomic E-state index is 0.332. The van der Waals surface area contributed by atoms with Crippen molar-refractivity contribution in [2.24, 2.45) is 0 Å². The van der Waals surface area contributed by atoms with Gasteiger partial charge in [-0.15, -0.1) is 0 Å². The summed E-state index contributed by atoms with van der Waals surface area (Å²) in [7, 11) is 0. The third kappa shape index (κ3) is 3.70. The number of nitrogens with one attached hydrogen (secondary N) is 2. The summed E-state index contributed by atoms with van der Waals surface area (Å²) < 4.78 is 13.7. The van der Waals surface area contributed by atoms with Crippen LogP contribution in [0.4, 0.5) is 10.1 Å². The van der Waals surface area contributed by atoms with Crippen LogP contribution < -0.4 is 5.32 Å². The Balaban J connectivity index is 1.64. The van der Waals surface area contributed by atoms with Gasteiger partial charge in [0.2, 0.25) is 0 Å². The van der Waals surface area contributed by atoms with Crippen molar-refractivity contribution < 1.29 is 9.18 Å². The fourth-order valence-corrected chi connectivity index (χ4v) is 3.29. The second kappa shape index (κ2) is 7.74. The summed E-state index contributed by atoms with van der Waals surface area (Å²) >= 11 is 3.22. The summed E-state index contributed by atoms with van der Waals surface area (Å²) in [6.07, 6.45) is 0. The van der Waals surface area contributed by atoms with E-state index < -0.39 is 5.82 Å². The first-order valence-corrected chi connectivity index (χ1v) is 9.25. The van der Waals surface area contributed by atoms with Gasteiger partial charge in [0.15, 0.2) is 11.6 Å². The largest absolute Gasteiger partial charge is 0.321 e. The zero-order valence-corrected chi connectivity index (χ0v) is 16.1. The molecule has 0 aliphatic rings. The molecule has 0 fully saturated rings. The van der Waals surface area contributed by atoms with E-state index in [1.807, 2.05) is 48.5 Å². The Bertz CT molecular complexity index is 1140. The molecule has 1 amide bonds. The number of carbonyl (C=O) groups is 1. The Morgan fingerprint density at radius 3 is 2.54 bits per heavy atom. The van der Waals surface area contributed by atoms with Crippen LogP contribution in [0.2, 0.25) is 0 Å². The number of carbonyl (C=O) groups excluding carboxylic acids is 1. The van der Waals surface area contributed by atoms with Crippen molar-refractivity contribution in [2.75, 3.05) is 5.32 Å². The highest BCUT2D eigenvalue weighted by Gasteiger charge is 2.15. The van der Waals surface area contributed by atoms with Crippen LogP contribution in [0.15, 0.2) is 77.3 Å². The third-order valence-electron chi connectivity index (χ3n) is 4.12. The highest BCUT2D eigenvalue weighted by Crippen LogP contribution is 2.28. The van der Waals surface area contributed by atoms with Gasteiger partial charge < -0.3 is 5.32 Å². The quantitative estimate of drug-likeness (QED) is 0.456. The van der Waals surface area contributed by atoms with Gasteiger partial charge in [0, 0.05) is 15.6 Å². The van der Waals surface area contributed by atoms with Gasteiger partial charge in [-0.2, -0.15) is 5.10 Å². The third-order valence-corrected chi connectivity index (χ3v) is 4.78. The Morgan fingerprint density at radius 1 is 1.00 bits per heavy atom. The molecule has 0 saturated carbocycles. The van der Waals surface area contributed by atoms with E-state index in [9.17, 15) is 9.18 Å². The maximum atomic E-state index is 13.3. The monoisotopic (exact) mass is 436 g/mol. The Morgan fingerprint density at radius 2 is 1.75 bits per heavy atom. The van der Waals surface area contributed by atoms with Gasteiger partial charge in [-0.05, 0) is 46.3 Å². The second-order valence-electron chi connectivity index (χ2n) is 6.00. The summed E-state index contributed by atoms with van der Waals surface area (Å²) in [5.41, 5.74) is 2.49. The number of aromatic amines is 1. The molecule has 7 heteroatoms. The summed E-state index contributed by atoms with van der Waals surface area (Å²) in [6, 6.07) is 20.8. The fraction of sp³-hybridized carbons (Fsp3) is 0. The van der Waals surface area contributed by atoms with Gasteiger partial charge in [0.05, 0.1) is 11.3 Å². The number of halogens is 2. The number of para-hydroxylation sites is 1. The molecule has 0 aliphatic heterocycles. The molecule has 0 saturated heterocycles. The van der Waals surface area contributed by atoms with Gasteiger partial charge >= 0.3 is 0 Å². The molecule has 0 spiro atoms. The molecule has 3 aromatic carbocycles. The summed E-state index contributed by atoms with van der Waals surface area (Å²) in [6.45, 7) is 0. The molecule has 2 N–H and O–H groups in total. The lowest BCUT2D eigenvalue weighted by Gasteiger charge is -2.10. The van der Waals surface area contributed by atoms with Crippen molar-refractivity contribution in [2.45, 2.75) is 0 Å². The Labute approximate surface area is 168 Å². The first-order chi connectivity index (χ1) is 13.6. The van der Waals surface area contributed by atoms with Gasteiger partial charge in [-0.3, -0.25) is 9.89 Å². The predicted molar refractivity (Wildman–Crippen MR) is 109 cm³/mol. The molecule has 0 radical (unpaired) electrons. The average molecular weight is 437 g/mol. The van der Waals surface area contributed by atoms with Crippen molar-refractivity contribution in [1.29, 1.82) is 0 Å². The normalized spacial score (nSPS) is 10.6. The highest BCUT2D eigenvalue weighted by molar-refractivity contribution is 9.10. The Kier molecular flexibility index (Phi) is 4.99. The Hall–Kier alpha value is -3.32. The van der Waals surface area contributed by atoms with E-state index in [4.69, 9.17) is 0 Å². The lowest BCUT2D eigenvalue weighted by atomic mass is 10.1. The molecule has 0 bridgehead atoms. The van der Waals surface area contributed by atoms with Gasteiger partial charge in [0.1, 0.15) is 5.82 Å². The van der Waals surface area contributed by atoms with E-state index in [-0.39, 0.29) is 5.91 Å². The fourth-order valence-electron chi connectivity index (χ4n) is 2.76. The summed E-state index contributed by atoms with van der Waals surface area (Å²) in [5.74, 6) is 0.326. The minimum atomic E-state index is -0.418. The lowest BCUT2D eigenvalue weighted by molar-refractivity contribution is 0.102. The molecule has 1 aromatic heterocycles. The van der Waals surface area contributed by atoms with Crippen molar-refractivity contribution >= 4 is 27.5 Å². The van der Waals surface area contributed by atoms with Crippen LogP contribution in [0.25, 0.3) is 22.8 Å². The van der Waals surface area contributed by atoms with Gasteiger partial charge in [0.25, 0.3) is 5.91 Å². The summed E-state index contributed by atoms with van der Waals surface area (Å²) in [5, 5.41) is 10.0. The van der Waals surface area contributed by atoms with Gasteiger partial charge in [-0.1, -0.05) is 42.5 Å². The molecule has 138 valence electrons. The number of amides is 1. The number of H-pyrrole nitrogens is 1. The standard InChI is InChI=1S/C21H14BrFN4O/c22-17-12-14(23)10-11-15(17)21(28)24-18-9-5-4-8-16(18)20-25-19(26-27-20)13-6-2-1-3-7-13/h1-12H,(H,24,28)(H,25,26,27). The zero-order chi connectivity index (χ0) is 19.5. The number of nitrogens with zero attached hydrogens (tertiary/aromatic N) is 2. The van der Waals surface area contributed by atoms with Crippen molar-refractivity contribution in [3.05, 3.63) is 88.6 Å². The highest BCUT2D eigenvalue weighted by atomic mass is 79.9. The van der Waals surface area contributed by atoms with E-state index in [2.05, 4.69) is 36.4 Å². The van der Waals surface area contributed by atoms with Crippen molar-refractivity contribution in [3.63, 3.8) is 0 Å². The van der Waals surface area contributed by atoms with E-state index in [0.717, 1.165) is 5.56 Å². The maximum Gasteiger partial charge on any atom is 0.256 e. The lowest BCUT2D eigenvalue weighted by Crippen LogP contribution is -2.13. The topological polar surface area (TPSA) is 70.7 Å². The molecule has 4 aromatic rings. The van der Waals surface area contributed by atoms with Crippen molar-refractivity contribution in [1.82, 2.24) is 15.2 Å². The number of hydrogen-bond acceptors (Lipinski definition) is 3. The van der Waals surface area contributed by atoms with Crippen molar-refractivity contribution in [3.8, 4) is 22.8 Å². The van der Waals surface area contributed by atoms with Gasteiger partial charge in [-0.25, -0.2) is 9.37 Å². The second-order valence-corrected chi connectivity index (χ2v) is 6.85. The molecule has 0 aliphatic carbocycles. The molecule has 4 rings (SSSR count). The number of hydrogen-bond donors (Lipinski definition) is 2. The molecular weight excluding hydrogens is 423 g/mol. The van der Waals surface area contributed by atoms with Crippen LogP contribution in [0.3, 0.4) is 0 Å². The molecule has 5 nitrogen and oxygen atoms in total. The number of aromatic nitrogens is 3. The molecule has 1 heterocycles. The van der Waals surface area contributed by atoms with Crippen LogP contribution >= 0.6 is 15.9 Å². The molecule has 28 heavy (non-hydrogen) atoms. The average Bonchev–Trinajstić information content (AvgIpc) is 3.19. The number of rotatable bonds is 4. The van der Waals surface area contributed by atoms with E-state index in [1.165, 1.54) is 18.2 Å². The van der Waals surface area contributed by atoms with E-state index >= 15 is 0 Å². The minimum Gasteiger partial charge on any atom is -0.321 e. The molecule has 0 atom stereocenters. The van der Waals surface area contributed by atoms with Crippen LogP contribution in [0, 0.1) is 5.82 Å². The first kappa shape index (κ1) is 18.1. The van der Waals surface area contributed by atoms with E-state index in [0.29, 0.717) is 32.9 Å². The van der Waals surface area contributed by atoms with E-state index in [1.54, 1.807) is 6.07 Å². The maximum absolute atomic E-state index is 13.3. The SMILES string of the molecule is O=C(Nc1ccccc1-c1nc(-c2ccccc2)n[nH]1)c1ccc(F)cc1Br. The van der Waals surface area contributed by atoms with Crippen LogP contribution in [0.5, 0.6) is 0 Å². The number of benzene rings is 3. The van der Waals surface area contributed by atoms with Crippen LogP contribution in [-0.2, 0) is 0 Å². The van der Waals surface area contributed by atoms with Crippen LogP contribution in [-0.4, -0.2) is 21.1 Å². The molecule has 0 unspecified atom stereocenters. The molecular formula is C21H14BrFN4O. The zero-order valence-electron chi connectivity index (χ0n) is 14.5. The smallest absolute Gasteiger partial charge is 0.256 e. The summed E-state index contributed by atoms with van der Waals surface area (Å²) in [4.78, 5) is 17.2. The van der Waals surface area contributed by atoms with Crippen LogP contribution in [0.1, 0.15) is 10.4 Å². The first-order valence-electron chi connectivity index (χ1n) is 8.45. The predicted octanol–water partition coefficient (Wildman–Crippen LogP) is 5.29. The number of anilines is 1.